The van der Waals surface area contributed by atoms with E-state index in [0.717, 1.165) is 6.08 Å². The Morgan fingerprint density at radius 1 is 1.86 bits per heavy atom. The van der Waals surface area contributed by atoms with Gasteiger partial charge in [-0.15, -0.1) is 0 Å². The number of morpholine rings is 1. The quantitative estimate of drug-likeness (QED) is 0.420. The van der Waals surface area contributed by atoms with E-state index in [1.807, 2.05) is 0 Å². The smallest absolute Gasteiger partial charge is 0.355 e. The number of aliphatic hydroxyl groups excluding tert-OH is 1. The Morgan fingerprint density at radius 2 is 2.57 bits per heavy atom. The molecule has 1 unspecified atom stereocenters. The highest BCUT2D eigenvalue weighted by Crippen LogP contribution is 2.05. The number of carbonyl (C=O) groups excluding carboxylic acids is 2. The van der Waals surface area contributed by atoms with E-state index in [-0.39, 0.29) is 18.8 Å². The van der Waals surface area contributed by atoms with Gasteiger partial charge in [0.25, 0.3) is 0 Å². The Morgan fingerprint density at radius 3 is 3.07 bits per heavy atom. The van der Waals surface area contributed by atoms with Crippen LogP contribution in [0.5, 0.6) is 0 Å². The molecule has 1 aliphatic rings. The first kappa shape index (κ1) is 10.5. The molecule has 0 radical (unpaired) electrons. The molecule has 0 aromatic rings. The highest BCUT2D eigenvalue weighted by atomic mass is 16.6. The lowest BCUT2D eigenvalue weighted by Crippen LogP contribution is -2.42. The van der Waals surface area contributed by atoms with E-state index >= 15 is 0 Å². The molecule has 0 aromatic heterocycles. The number of hydrogen-bond acceptors (Lipinski definition) is 6. The molecule has 0 aliphatic carbocycles. The van der Waals surface area contributed by atoms with Crippen molar-refractivity contribution in [2.75, 3.05) is 20.3 Å². The lowest BCUT2D eigenvalue weighted by Gasteiger charge is -2.23. The number of ether oxygens (including phenoxy) is 2. The molecule has 1 rings (SSSR count). The average Bonchev–Trinajstić information content (AvgIpc) is 2.20. The van der Waals surface area contributed by atoms with Crippen molar-refractivity contribution in [1.29, 1.82) is 0 Å². The van der Waals surface area contributed by atoms with E-state index in [2.05, 4.69) is 10.1 Å². The minimum atomic E-state index is -0.666. The van der Waals surface area contributed by atoms with Crippen LogP contribution < -0.4 is 5.32 Å². The summed E-state index contributed by atoms with van der Waals surface area (Å²) < 4.78 is 9.11. The van der Waals surface area contributed by atoms with Gasteiger partial charge in [-0.3, -0.25) is 0 Å². The molecule has 78 valence electrons. The van der Waals surface area contributed by atoms with Gasteiger partial charge in [-0.1, -0.05) is 0 Å². The maximum Gasteiger partial charge on any atom is 0.355 e. The summed E-state index contributed by atoms with van der Waals surface area (Å²) in [6, 6.07) is 0. The Hall–Kier alpha value is -1.56. The number of carbonyl (C=O) groups is 2. The molecule has 14 heavy (non-hydrogen) atoms. The largest absolute Gasteiger partial charge is 0.466 e. The molecule has 1 aliphatic heterocycles. The first-order chi connectivity index (χ1) is 6.67. The number of nitrogens with one attached hydrogen (secondary N) is 1. The summed E-state index contributed by atoms with van der Waals surface area (Å²) in [4.78, 5) is 21.9. The predicted molar refractivity (Wildman–Crippen MR) is 45.1 cm³/mol. The van der Waals surface area contributed by atoms with Crippen molar-refractivity contribution in [3.8, 4) is 0 Å². The van der Waals surface area contributed by atoms with Gasteiger partial charge in [0.15, 0.2) is 0 Å². The summed E-state index contributed by atoms with van der Waals surface area (Å²) in [6.45, 7) is 0.0370. The van der Waals surface area contributed by atoms with Crippen LogP contribution in [0.1, 0.15) is 0 Å². The summed E-state index contributed by atoms with van der Waals surface area (Å²) in [6.07, 6.45) is 0.452. The van der Waals surface area contributed by atoms with Crippen LogP contribution in [0.2, 0.25) is 0 Å². The van der Waals surface area contributed by atoms with Crippen LogP contribution in [0.4, 0.5) is 0 Å². The van der Waals surface area contributed by atoms with Gasteiger partial charge in [0.2, 0.25) is 0 Å². The number of cyclic esters (lactones) is 1. The Bertz CT molecular complexity index is 273. The van der Waals surface area contributed by atoms with Crippen LogP contribution in [-0.4, -0.2) is 43.4 Å². The zero-order valence-electron chi connectivity index (χ0n) is 7.65. The van der Waals surface area contributed by atoms with Crippen LogP contribution in [0, 0.1) is 0 Å². The molecule has 0 aromatic carbocycles. The Labute approximate surface area is 80.5 Å². The van der Waals surface area contributed by atoms with Crippen molar-refractivity contribution in [3.05, 3.63) is 11.8 Å². The predicted octanol–water partition coefficient (Wildman–Crippen LogP) is -1.45. The summed E-state index contributed by atoms with van der Waals surface area (Å²) in [7, 11) is 1.21. The molecule has 1 saturated heterocycles. The molecule has 0 saturated carbocycles. The van der Waals surface area contributed by atoms with Gasteiger partial charge in [0, 0.05) is 0 Å². The molecular formula is C8H11NO5. The van der Waals surface area contributed by atoms with Crippen LogP contribution in [-0.2, 0) is 19.1 Å². The Balaban J connectivity index is 2.62. The van der Waals surface area contributed by atoms with Crippen molar-refractivity contribution in [2.45, 2.75) is 6.10 Å². The molecule has 0 amide bonds. The molecule has 1 atom stereocenters. The van der Waals surface area contributed by atoms with Crippen molar-refractivity contribution in [1.82, 2.24) is 5.32 Å². The van der Waals surface area contributed by atoms with Gasteiger partial charge in [0.05, 0.1) is 26.3 Å². The highest BCUT2D eigenvalue weighted by molar-refractivity contribution is 5.96. The molecular weight excluding hydrogens is 190 g/mol. The molecule has 1 fully saturated rings. The molecule has 2 N–H and O–H groups in total. The van der Waals surface area contributed by atoms with Crippen LogP contribution >= 0.6 is 0 Å². The second kappa shape index (κ2) is 4.61. The second-order valence-corrected chi connectivity index (χ2v) is 2.67. The van der Waals surface area contributed by atoms with Gasteiger partial charge < -0.3 is 19.9 Å². The molecule has 6 heteroatoms. The minimum absolute atomic E-state index is 0.0431. The lowest BCUT2D eigenvalue weighted by atomic mass is 10.3. The zero-order chi connectivity index (χ0) is 10.6. The van der Waals surface area contributed by atoms with Gasteiger partial charge in [-0.05, 0) is 0 Å². The van der Waals surface area contributed by atoms with Gasteiger partial charge >= 0.3 is 11.9 Å². The van der Waals surface area contributed by atoms with E-state index in [1.54, 1.807) is 0 Å². The lowest BCUT2D eigenvalue weighted by molar-refractivity contribution is -0.150. The van der Waals surface area contributed by atoms with Crippen molar-refractivity contribution >= 4 is 11.9 Å². The van der Waals surface area contributed by atoms with E-state index in [0.29, 0.717) is 0 Å². The minimum Gasteiger partial charge on any atom is -0.466 e. The fourth-order valence-corrected chi connectivity index (χ4v) is 0.941. The zero-order valence-corrected chi connectivity index (χ0v) is 7.65. The fourth-order valence-electron chi connectivity index (χ4n) is 0.941. The Kier molecular flexibility index (Phi) is 3.47. The molecule has 6 nitrogen and oxygen atoms in total. The van der Waals surface area contributed by atoms with E-state index < -0.39 is 18.0 Å². The molecule has 0 spiro atoms. The number of rotatable bonds is 2. The van der Waals surface area contributed by atoms with Gasteiger partial charge in [0.1, 0.15) is 11.8 Å². The third kappa shape index (κ3) is 2.46. The SMILES string of the molecule is COC(=O)/C=C1/NCC(CO)OC1=O. The standard InChI is InChI=1S/C8H11NO5/c1-13-7(11)2-6-8(12)14-5(4-10)3-9-6/h2,5,9-10H,3-4H2,1H3/b6-2+. The van der Waals surface area contributed by atoms with Crippen molar-refractivity contribution in [3.63, 3.8) is 0 Å². The topological polar surface area (TPSA) is 84.9 Å². The van der Waals surface area contributed by atoms with Crippen molar-refractivity contribution < 1.29 is 24.2 Å². The fraction of sp³-hybridized carbons (Fsp3) is 0.500. The first-order valence-corrected chi connectivity index (χ1v) is 4.02. The van der Waals surface area contributed by atoms with Crippen molar-refractivity contribution in [2.24, 2.45) is 0 Å². The van der Waals surface area contributed by atoms with Crippen LogP contribution in [0.15, 0.2) is 11.8 Å². The number of aliphatic hydroxyl groups is 1. The summed E-state index contributed by atoms with van der Waals surface area (Å²) in [5, 5.41) is 11.4. The molecule has 0 bridgehead atoms. The number of esters is 2. The van der Waals surface area contributed by atoms with Crippen LogP contribution in [0.3, 0.4) is 0 Å². The number of methoxy groups -OCH3 is 1. The first-order valence-electron chi connectivity index (χ1n) is 4.02. The monoisotopic (exact) mass is 201 g/mol. The number of hydrogen-bond donors (Lipinski definition) is 2. The van der Waals surface area contributed by atoms with E-state index in [9.17, 15) is 9.59 Å². The third-order valence-corrected chi connectivity index (χ3v) is 1.68. The normalized spacial score (nSPS) is 24.0. The maximum atomic E-state index is 11.1. The third-order valence-electron chi connectivity index (χ3n) is 1.68. The van der Waals surface area contributed by atoms with E-state index in [4.69, 9.17) is 9.84 Å². The average molecular weight is 201 g/mol. The maximum absolute atomic E-state index is 11.1. The van der Waals surface area contributed by atoms with Crippen LogP contribution in [0.25, 0.3) is 0 Å². The summed E-state index contributed by atoms with van der Waals surface area (Å²) in [5.74, 6) is -1.30. The highest BCUT2D eigenvalue weighted by Gasteiger charge is 2.24. The summed E-state index contributed by atoms with van der Waals surface area (Å²) >= 11 is 0. The van der Waals surface area contributed by atoms with Gasteiger partial charge in [-0.2, -0.15) is 0 Å². The van der Waals surface area contributed by atoms with Gasteiger partial charge in [-0.25, -0.2) is 9.59 Å². The molecule has 1 heterocycles. The van der Waals surface area contributed by atoms with E-state index in [1.165, 1.54) is 7.11 Å². The second-order valence-electron chi connectivity index (χ2n) is 2.67. The summed E-state index contributed by atoms with van der Waals surface area (Å²) in [5.41, 5.74) is 0.0431.